The summed E-state index contributed by atoms with van der Waals surface area (Å²) in [7, 11) is 0. The first-order valence-electron chi connectivity index (χ1n) is 5.69. The van der Waals surface area contributed by atoms with Gasteiger partial charge in [0.1, 0.15) is 6.26 Å². The molecule has 96 valence electrons. The second-order valence-corrected chi connectivity index (χ2v) is 3.87. The summed E-state index contributed by atoms with van der Waals surface area (Å²) in [4.78, 5) is 16.0. The first kappa shape index (κ1) is 11.3. The van der Waals surface area contributed by atoms with Crippen LogP contribution in [0.5, 0.6) is 0 Å². The van der Waals surface area contributed by atoms with Gasteiger partial charge >= 0.3 is 6.03 Å². The van der Waals surface area contributed by atoms with Gasteiger partial charge in [-0.25, -0.2) is 4.79 Å². The van der Waals surface area contributed by atoms with Crippen LogP contribution in [0.15, 0.2) is 48.7 Å². The van der Waals surface area contributed by atoms with E-state index in [9.17, 15) is 4.79 Å². The molecule has 1 aromatic carbocycles. The first-order chi connectivity index (χ1) is 9.33. The van der Waals surface area contributed by atoms with Crippen molar-refractivity contribution in [3.63, 3.8) is 0 Å². The highest BCUT2D eigenvalue weighted by Gasteiger charge is 2.11. The van der Waals surface area contributed by atoms with Gasteiger partial charge in [0, 0.05) is 11.6 Å². The number of para-hydroxylation sites is 1. The lowest BCUT2D eigenvalue weighted by atomic mass is 10.2. The smallest absolute Gasteiger partial charge is 0.326 e. The molecule has 2 N–H and O–H groups in total. The number of hydrogen-bond donors (Lipinski definition) is 2. The molecule has 1 aliphatic rings. The van der Waals surface area contributed by atoms with Crippen LogP contribution < -0.4 is 10.6 Å². The summed E-state index contributed by atoms with van der Waals surface area (Å²) in [6.07, 6.45) is 3.00. The fourth-order valence-electron chi connectivity index (χ4n) is 1.78. The number of hydrogen-bond acceptors (Lipinski definition) is 4. The van der Waals surface area contributed by atoms with Crippen molar-refractivity contribution in [2.45, 2.75) is 0 Å². The van der Waals surface area contributed by atoms with Crippen molar-refractivity contribution >= 4 is 22.6 Å². The topological polar surface area (TPSA) is 72.5 Å². The minimum atomic E-state index is -0.395. The molecule has 0 bridgehead atoms. The minimum absolute atomic E-state index is 0.119. The number of urea groups is 1. The Kier molecular flexibility index (Phi) is 2.89. The van der Waals surface area contributed by atoms with E-state index in [1.54, 1.807) is 12.3 Å². The van der Waals surface area contributed by atoms with Crippen LogP contribution in [-0.2, 0) is 9.47 Å². The highest BCUT2D eigenvalue weighted by molar-refractivity contribution is 6.00. The predicted molar refractivity (Wildman–Crippen MR) is 69.0 cm³/mol. The van der Waals surface area contributed by atoms with Gasteiger partial charge in [-0.1, -0.05) is 18.2 Å². The van der Waals surface area contributed by atoms with Crippen molar-refractivity contribution in [2.24, 2.45) is 0 Å². The molecule has 0 atom stereocenters. The molecule has 0 saturated carbocycles. The van der Waals surface area contributed by atoms with E-state index < -0.39 is 6.03 Å². The molecule has 19 heavy (non-hydrogen) atoms. The monoisotopic (exact) mass is 257 g/mol. The van der Waals surface area contributed by atoms with Gasteiger partial charge in [0.25, 0.3) is 0 Å². The standard InChI is InChI=1S/C13H11N3O3/c17-13(16-12-7-18-8-19-12)15-11-5-6-14-10-4-2-1-3-9(10)11/h1-7H,8H2,(H2,14,15,16,17). The van der Waals surface area contributed by atoms with Crippen molar-refractivity contribution in [3.05, 3.63) is 48.7 Å². The average molecular weight is 257 g/mol. The van der Waals surface area contributed by atoms with Gasteiger partial charge in [-0.05, 0) is 12.1 Å². The number of fused-ring (bicyclic) bond motifs is 1. The van der Waals surface area contributed by atoms with E-state index in [2.05, 4.69) is 15.6 Å². The number of benzene rings is 1. The van der Waals surface area contributed by atoms with Crippen molar-refractivity contribution in [3.8, 4) is 0 Å². The Morgan fingerprint density at radius 3 is 2.95 bits per heavy atom. The molecule has 0 spiro atoms. The molecule has 0 aliphatic carbocycles. The maximum atomic E-state index is 11.8. The number of nitrogens with one attached hydrogen (secondary N) is 2. The second-order valence-electron chi connectivity index (χ2n) is 3.87. The SMILES string of the molecule is O=C(NC1=COCO1)Nc1ccnc2ccccc12. The number of anilines is 1. The fourth-order valence-corrected chi connectivity index (χ4v) is 1.78. The predicted octanol–water partition coefficient (Wildman–Crippen LogP) is 2.16. The van der Waals surface area contributed by atoms with Gasteiger partial charge in [-0.15, -0.1) is 0 Å². The van der Waals surface area contributed by atoms with Crippen LogP contribution in [0.4, 0.5) is 10.5 Å². The summed E-state index contributed by atoms with van der Waals surface area (Å²) in [5, 5.41) is 6.15. The van der Waals surface area contributed by atoms with Crippen LogP contribution in [0.3, 0.4) is 0 Å². The molecule has 2 heterocycles. The molecule has 0 saturated heterocycles. The molecule has 1 aliphatic heterocycles. The van der Waals surface area contributed by atoms with Crippen LogP contribution in [0.2, 0.25) is 0 Å². The Labute approximate surface area is 109 Å². The molecule has 2 amide bonds. The molecular weight excluding hydrogens is 246 g/mol. The van der Waals surface area contributed by atoms with E-state index >= 15 is 0 Å². The van der Waals surface area contributed by atoms with Gasteiger partial charge in [0.15, 0.2) is 0 Å². The van der Waals surface area contributed by atoms with E-state index in [1.807, 2.05) is 24.3 Å². The van der Waals surface area contributed by atoms with Crippen molar-refractivity contribution in [2.75, 3.05) is 12.1 Å². The number of rotatable bonds is 2. The molecule has 0 radical (unpaired) electrons. The zero-order valence-electron chi connectivity index (χ0n) is 9.92. The first-order valence-corrected chi connectivity index (χ1v) is 5.69. The summed E-state index contributed by atoms with van der Waals surface area (Å²) in [5.41, 5.74) is 1.50. The second kappa shape index (κ2) is 4.85. The highest BCUT2D eigenvalue weighted by Crippen LogP contribution is 2.20. The molecule has 0 unspecified atom stereocenters. The largest absolute Gasteiger partial charge is 0.459 e. The summed E-state index contributed by atoms with van der Waals surface area (Å²) in [6.45, 7) is 0.119. The van der Waals surface area contributed by atoms with E-state index in [0.29, 0.717) is 5.69 Å². The maximum Gasteiger partial charge on any atom is 0.326 e. The highest BCUT2D eigenvalue weighted by atomic mass is 16.7. The number of amides is 2. The van der Waals surface area contributed by atoms with Crippen LogP contribution in [0.1, 0.15) is 0 Å². The maximum absolute atomic E-state index is 11.8. The third kappa shape index (κ3) is 2.42. The van der Waals surface area contributed by atoms with Crippen LogP contribution in [0.25, 0.3) is 10.9 Å². The van der Waals surface area contributed by atoms with Gasteiger partial charge < -0.3 is 14.8 Å². The Morgan fingerprint density at radius 1 is 1.21 bits per heavy atom. The molecule has 0 fully saturated rings. The zero-order valence-corrected chi connectivity index (χ0v) is 9.92. The number of aromatic nitrogens is 1. The average Bonchev–Trinajstić information content (AvgIpc) is 2.92. The normalized spacial score (nSPS) is 13.4. The Balaban J connectivity index is 1.79. The Hall–Kier alpha value is -2.76. The van der Waals surface area contributed by atoms with Gasteiger partial charge in [-0.3, -0.25) is 10.3 Å². The molecule has 6 heteroatoms. The van der Waals surface area contributed by atoms with Crippen LogP contribution in [-0.4, -0.2) is 17.8 Å². The summed E-state index contributed by atoms with van der Waals surface area (Å²) in [5.74, 6) is 0.288. The van der Waals surface area contributed by atoms with Crippen molar-refractivity contribution < 1.29 is 14.3 Å². The van der Waals surface area contributed by atoms with E-state index in [1.165, 1.54) is 6.26 Å². The molecule has 1 aromatic heterocycles. The van der Waals surface area contributed by atoms with Crippen molar-refractivity contribution in [1.82, 2.24) is 10.3 Å². The summed E-state index contributed by atoms with van der Waals surface area (Å²) < 4.78 is 9.85. The number of carbonyl (C=O) groups excluding carboxylic acids is 1. The fraction of sp³-hybridized carbons (Fsp3) is 0.0769. The number of pyridine rings is 1. The third-order valence-corrected chi connectivity index (χ3v) is 2.61. The summed E-state index contributed by atoms with van der Waals surface area (Å²) in [6, 6.07) is 8.91. The number of nitrogens with zero attached hydrogens (tertiary/aromatic N) is 1. The lowest BCUT2D eigenvalue weighted by Crippen LogP contribution is -2.28. The van der Waals surface area contributed by atoms with E-state index in [0.717, 1.165) is 10.9 Å². The van der Waals surface area contributed by atoms with E-state index in [-0.39, 0.29) is 12.7 Å². The molecular formula is C13H11N3O3. The van der Waals surface area contributed by atoms with Crippen molar-refractivity contribution in [1.29, 1.82) is 0 Å². The van der Waals surface area contributed by atoms with Crippen LogP contribution in [0, 0.1) is 0 Å². The lowest BCUT2D eigenvalue weighted by molar-refractivity contribution is 0.0761. The lowest BCUT2D eigenvalue weighted by Gasteiger charge is -2.09. The van der Waals surface area contributed by atoms with Gasteiger partial charge in [-0.2, -0.15) is 0 Å². The minimum Gasteiger partial charge on any atom is -0.459 e. The Morgan fingerprint density at radius 2 is 2.11 bits per heavy atom. The van der Waals surface area contributed by atoms with Gasteiger partial charge in [0.05, 0.1) is 11.2 Å². The quantitative estimate of drug-likeness (QED) is 0.864. The Bertz CT molecular complexity index is 649. The molecule has 3 rings (SSSR count). The number of ether oxygens (including phenoxy) is 2. The molecule has 6 nitrogen and oxygen atoms in total. The molecule has 2 aromatic rings. The third-order valence-electron chi connectivity index (χ3n) is 2.61. The zero-order chi connectivity index (χ0) is 13.1. The van der Waals surface area contributed by atoms with E-state index in [4.69, 9.17) is 9.47 Å². The number of carbonyl (C=O) groups is 1. The van der Waals surface area contributed by atoms with Gasteiger partial charge in [0.2, 0.25) is 12.7 Å². The summed E-state index contributed by atoms with van der Waals surface area (Å²) >= 11 is 0. The van der Waals surface area contributed by atoms with Crippen LogP contribution >= 0.6 is 0 Å².